The average Bonchev–Trinajstić information content (AvgIpc) is 3.33. The standard InChI is InChI=1S/C21H19F3N6O/c1-13-11-30(12-25-13)17-9-8-16(26-20(17)31-3)19-27-18(29(2)28-19)10-14-6-4-5-7-15(14)21(22,23)24/h4-9,11-12H,10H2,1-3H3. The van der Waals surface area contributed by atoms with Crippen molar-refractivity contribution in [1.29, 1.82) is 0 Å². The molecule has 4 rings (SSSR count). The second-order valence-corrected chi connectivity index (χ2v) is 6.95. The summed E-state index contributed by atoms with van der Waals surface area (Å²) < 4.78 is 48.6. The first-order chi connectivity index (χ1) is 14.8. The zero-order valence-electron chi connectivity index (χ0n) is 17.1. The Hall–Kier alpha value is -3.69. The molecule has 1 aromatic carbocycles. The molecule has 0 bridgehead atoms. The molecule has 7 nitrogen and oxygen atoms in total. The second-order valence-electron chi connectivity index (χ2n) is 6.95. The molecule has 31 heavy (non-hydrogen) atoms. The molecular formula is C21H19F3N6O. The molecule has 0 aliphatic rings. The molecule has 3 heterocycles. The zero-order chi connectivity index (χ0) is 22.2. The average molecular weight is 428 g/mol. The Morgan fingerprint density at radius 2 is 1.84 bits per heavy atom. The summed E-state index contributed by atoms with van der Waals surface area (Å²) in [7, 11) is 3.15. The van der Waals surface area contributed by atoms with Crippen LogP contribution in [0.15, 0.2) is 48.9 Å². The number of imidazole rings is 1. The van der Waals surface area contributed by atoms with E-state index in [1.807, 2.05) is 13.1 Å². The molecular weight excluding hydrogens is 409 g/mol. The Bertz CT molecular complexity index is 1230. The molecule has 3 aromatic heterocycles. The fourth-order valence-electron chi connectivity index (χ4n) is 3.26. The van der Waals surface area contributed by atoms with E-state index in [2.05, 4.69) is 20.1 Å². The normalized spacial score (nSPS) is 11.7. The number of benzene rings is 1. The molecule has 0 fully saturated rings. The van der Waals surface area contributed by atoms with E-state index >= 15 is 0 Å². The molecule has 0 unspecified atom stereocenters. The smallest absolute Gasteiger partial charge is 0.416 e. The van der Waals surface area contributed by atoms with Crippen molar-refractivity contribution >= 4 is 0 Å². The van der Waals surface area contributed by atoms with Crippen LogP contribution in [0.4, 0.5) is 13.2 Å². The molecule has 0 radical (unpaired) electrons. The Balaban J connectivity index is 1.67. The van der Waals surface area contributed by atoms with E-state index in [4.69, 9.17) is 4.74 Å². The van der Waals surface area contributed by atoms with Crippen LogP contribution in [-0.4, -0.2) is 36.4 Å². The van der Waals surface area contributed by atoms with Gasteiger partial charge in [-0.3, -0.25) is 4.68 Å². The summed E-state index contributed by atoms with van der Waals surface area (Å²) in [5.74, 6) is 1.04. The van der Waals surface area contributed by atoms with Crippen LogP contribution in [0, 0.1) is 6.92 Å². The molecule has 0 saturated heterocycles. The van der Waals surface area contributed by atoms with Gasteiger partial charge in [0.2, 0.25) is 5.88 Å². The van der Waals surface area contributed by atoms with Crippen molar-refractivity contribution in [2.75, 3.05) is 7.11 Å². The number of aryl methyl sites for hydroxylation is 2. The minimum absolute atomic E-state index is 0.0112. The number of rotatable bonds is 5. The topological polar surface area (TPSA) is 70.7 Å². The number of nitrogens with zero attached hydrogens (tertiary/aromatic N) is 6. The van der Waals surface area contributed by atoms with Gasteiger partial charge in [0.05, 0.1) is 24.7 Å². The summed E-state index contributed by atoms with van der Waals surface area (Å²) in [6, 6.07) is 8.99. The summed E-state index contributed by atoms with van der Waals surface area (Å²) in [5, 5.41) is 4.34. The van der Waals surface area contributed by atoms with E-state index in [9.17, 15) is 13.2 Å². The van der Waals surface area contributed by atoms with Gasteiger partial charge in [0, 0.05) is 19.7 Å². The lowest BCUT2D eigenvalue weighted by molar-refractivity contribution is -0.138. The number of methoxy groups -OCH3 is 1. The van der Waals surface area contributed by atoms with Gasteiger partial charge in [-0.05, 0) is 30.7 Å². The molecule has 0 spiro atoms. The maximum Gasteiger partial charge on any atom is 0.416 e. The summed E-state index contributed by atoms with van der Waals surface area (Å²) in [6.07, 6.45) is -0.949. The van der Waals surface area contributed by atoms with Gasteiger partial charge in [-0.2, -0.15) is 13.2 Å². The van der Waals surface area contributed by atoms with Gasteiger partial charge in [-0.1, -0.05) is 18.2 Å². The van der Waals surface area contributed by atoms with E-state index < -0.39 is 11.7 Å². The van der Waals surface area contributed by atoms with Gasteiger partial charge in [0.25, 0.3) is 0 Å². The third kappa shape index (κ3) is 4.14. The van der Waals surface area contributed by atoms with Gasteiger partial charge in [0.15, 0.2) is 5.82 Å². The van der Waals surface area contributed by atoms with E-state index in [-0.39, 0.29) is 12.0 Å². The van der Waals surface area contributed by atoms with E-state index in [1.165, 1.54) is 23.9 Å². The van der Waals surface area contributed by atoms with Crippen LogP contribution in [0.2, 0.25) is 0 Å². The van der Waals surface area contributed by atoms with Crippen LogP contribution >= 0.6 is 0 Å². The summed E-state index contributed by atoms with van der Waals surface area (Å²) >= 11 is 0. The van der Waals surface area contributed by atoms with E-state index in [1.54, 1.807) is 36.1 Å². The summed E-state index contributed by atoms with van der Waals surface area (Å²) in [4.78, 5) is 13.1. The highest BCUT2D eigenvalue weighted by Gasteiger charge is 2.33. The maximum absolute atomic E-state index is 13.3. The first kappa shape index (κ1) is 20.6. The van der Waals surface area contributed by atoms with E-state index in [0.717, 1.165) is 11.8 Å². The van der Waals surface area contributed by atoms with Crippen molar-refractivity contribution < 1.29 is 17.9 Å². The van der Waals surface area contributed by atoms with Gasteiger partial charge in [0.1, 0.15) is 17.2 Å². The van der Waals surface area contributed by atoms with Crippen LogP contribution in [0.1, 0.15) is 22.6 Å². The van der Waals surface area contributed by atoms with Crippen molar-refractivity contribution in [1.82, 2.24) is 29.3 Å². The quantitative estimate of drug-likeness (QED) is 0.481. The highest BCUT2D eigenvalue weighted by atomic mass is 19.4. The number of hydrogen-bond donors (Lipinski definition) is 0. The van der Waals surface area contributed by atoms with Crippen LogP contribution in [0.3, 0.4) is 0 Å². The minimum Gasteiger partial charge on any atom is -0.479 e. The molecule has 0 N–H and O–H groups in total. The lowest BCUT2D eigenvalue weighted by atomic mass is 10.0. The Morgan fingerprint density at radius 1 is 1.06 bits per heavy atom. The maximum atomic E-state index is 13.3. The van der Waals surface area contributed by atoms with Crippen LogP contribution < -0.4 is 4.74 Å². The highest BCUT2D eigenvalue weighted by molar-refractivity contribution is 5.55. The van der Waals surface area contributed by atoms with Crippen molar-refractivity contribution in [3.05, 3.63) is 71.6 Å². The molecule has 4 aromatic rings. The van der Waals surface area contributed by atoms with Gasteiger partial charge in [-0.25, -0.2) is 15.0 Å². The number of hydrogen-bond acceptors (Lipinski definition) is 5. The SMILES string of the molecule is COc1nc(-c2nc(Cc3ccccc3C(F)(F)F)n(C)n2)ccc1-n1cnc(C)c1. The number of ether oxygens (including phenoxy) is 1. The Kier molecular flexibility index (Phi) is 5.22. The Morgan fingerprint density at radius 3 is 2.52 bits per heavy atom. The Labute approximate surface area is 176 Å². The molecule has 160 valence electrons. The van der Waals surface area contributed by atoms with Gasteiger partial charge in [-0.15, -0.1) is 5.10 Å². The van der Waals surface area contributed by atoms with Gasteiger partial charge >= 0.3 is 6.18 Å². The monoisotopic (exact) mass is 428 g/mol. The lowest BCUT2D eigenvalue weighted by Crippen LogP contribution is -2.10. The zero-order valence-corrected chi connectivity index (χ0v) is 17.1. The first-order valence-electron chi connectivity index (χ1n) is 9.37. The molecule has 10 heteroatoms. The number of pyridine rings is 1. The molecule has 0 aliphatic carbocycles. The predicted molar refractivity (Wildman–Crippen MR) is 107 cm³/mol. The molecule has 0 amide bonds. The number of alkyl halides is 3. The lowest BCUT2D eigenvalue weighted by Gasteiger charge is -2.11. The first-order valence-corrected chi connectivity index (χ1v) is 9.37. The predicted octanol–water partition coefficient (Wildman–Crippen LogP) is 3.99. The van der Waals surface area contributed by atoms with Crippen molar-refractivity contribution in [2.45, 2.75) is 19.5 Å². The van der Waals surface area contributed by atoms with Gasteiger partial charge < -0.3 is 9.30 Å². The second kappa shape index (κ2) is 7.86. The minimum atomic E-state index is -4.44. The molecule has 0 atom stereocenters. The molecule has 0 aliphatic heterocycles. The van der Waals surface area contributed by atoms with Crippen molar-refractivity contribution in [3.8, 4) is 23.1 Å². The third-order valence-electron chi connectivity index (χ3n) is 4.78. The van der Waals surface area contributed by atoms with Crippen LogP contribution in [0.5, 0.6) is 5.88 Å². The number of aromatic nitrogens is 6. The highest BCUT2D eigenvalue weighted by Crippen LogP contribution is 2.33. The largest absolute Gasteiger partial charge is 0.479 e. The fourth-order valence-corrected chi connectivity index (χ4v) is 3.26. The molecule has 0 saturated carbocycles. The van der Waals surface area contributed by atoms with Crippen LogP contribution in [-0.2, 0) is 19.6 Å². The number of halogens is 3. The van der Waals surface area contributed by atoms with Crippen molar-refractivity contribution in [2.24, 2.45) is 7.05 Å². The van der Waals surface area contributed by atoms with E-state index in [0.29, 0.717) is 28.9 Å². The van der Waals surface area contributed by atoms with Crippen LogP contribution in [0.25, 0.3) is 17.2 Å². The fraction of sp³-hybridized carbons (Fsp3) is 0.238. The summed E-state index contributed by atoms with van der Waals surface area (Å²) in [5.41, 5.74) is 1.44. The van der Waals surface area contributed by atoms with Crippen molar-refractivity contribution in [3.63, 3.8) is 0 Å². The summed E-state index contributed by atoms with van der Waals surface area (Å²) in [6.45, 7) is 1.88. The third-order valence-corrected chi connectivity index (χ3v) is 4.78.